The first-order valence-corrected chi connectivity index (χ1v) is 7.24. The van der Waals surface area contributed by atoms with Crippen molar-refractivity contribution in [3.05, 3.63) is 64.5 Å². The first-order chi connectivity index (χ1) is 10.1. The van der Waals surface area contributed by atoms with Crippen LogP contribution in [0.2, 0.25) is 0 Å². The molecule has 0 fully saturated rings. The third kappa shape index (κ3) is 2.54. The molecule has 3 rings (SSSR count). The minimum absolute atomic E-state index is 0.0159. The fourth-order valence-corrected chi connectivity index (χ4v) is 3.29. The summed E-state index contributed by atoms with van der Waals surface area (Å²) in [4.78, 5) is 0. The molecule has 0 spiro atoms. The van der Waals surface area contributed by atoms with Gasteiger partial charge in [-0.05, 0) is 55.2 Å². The van der Waals surface area contributed by atoms with Crippen LogP contribution in [0, 0.1) is 19.7 Å². The van der Waals surface area contributed by atoms with Crippen LogP contribution in [0.5, 0.6) is 5.75 Å². The molecule has 0 bridgehead atoms. The van der Waals surface area contributed by atoms with E-state index in [9.17, 15) is 9.50 Å². The number of aliphatic hydroxyl groups is 1. The summed E-state index contributed by atoms with van der Waals surface area (Å²) in [7, 11) is 0. The minimum Gasteiger partial charge on any atom is -0.493 e. The number of para-hydroxylation sites is 1. The highest BCUT2D eigenvalue weighted by Crippen LogP contribution is 2.42. The first kappa shape index (κ1) is 14.1. The van der Waals surface area contributed by atoms with E-state index in [0.717, 1.165) is 34.4 Å². The molecule has 110 valence electrons. The summed E-state index contributed by atoms with van der Waals surface area (Å²) in [5, 5.41) is 10.9. The molecule has 2 aromatic carbocycles. The van der Waals surface area contributed by atoms with E-state index in [1.165, 1.54) is 12.1 Å². The van der Waals surface area contributed by atoms with Crippen molar-refractivity contribution in [3.63, 3.8) is 0 Å². The van der Waals surface area contributed by atoms with Crippen LogP contribution in [0.15, 0.2) is 36.4 Å². The number of halogens is 1. The summed E-state index contributed by atoms with van der Waals surface area (Å²) in [6.07, 6.45) is 0.115. The van der Waals surface area contributed by atoms with Crippen molar-refractivity contribution >= 4 is 0 Å². The highest BCUT2D eigenvalue weighted by atomic mass is 19.1. The van der Waals surface area contributed by atoms with Gasteiger partial charge in [-0.2, -0.15) is 0 Å². The Morgan fingerprint density at radius 1 is 1.19 bits per heavy atom. The Hall–Kier alpha value is -1.87. The van der Waals surface area contributed by atoms with Crippen molar-refractivity contribution in [2.24, 2.45) is 0 Å². The number of hydrogen-bond acceptors (Lipinski definition) is 2. The smallest absolute Gasteiger partial charge is 0.123 e. The molecule has 2 aromatic rings. The van der Waals surface area contributed by atoms with Crippen LogP contribution >= 0.6 is 0 Å². The maximum absolute atomic E-state index is 13.5. The molecule has 0 radical (unpaired) electrons. The lowest BCUT2D eigenvalue weighted by atomic mass is 9.82. The van der Waals surface area contributed by atoms with Crippen molar-refractivity contribution in [2.75, 3.05) is 6.61 Å². The number of rotatable bonds is 2. The third-order valence-corrected chi connectivity index (χ3v) is 4.24. The number of fused-ring (bicyclic) bond motifs is 1. The quantitative estimate of drug-likeness (QED) is 0.902. The molecule has 1 aliphatic rings. The maximum Gasteiger partial charge on any atom is 0.123 e. The number of benzene rings is 2. The van der Waals surface area contributed by atoms with Crippen LogP contribution in [0.25, 0.3) is 0 Å². The largest absolute Gasteiger partial charge is 0.493 e. The van der Waals surface area contributed by atoms with Gasteiger partial charge in [0.1, 0.15) is 11.6 Å². The van der Waals surface area contributed by atoms with Gasteiger partial charge >= 0.3 is 0 Å². The van der Waals surface area contributed by atoms with Gasteiger partial charge in [0.15, 0.2) is 0 Å². The zero-order chi connectivity index (χ0) is 15.0. The van der Waals surface area contributed by atoms with Crippen molar-refractivity contribution in [2.45, 2.75) is 32.3 Å². The van der Waals surface area contributed by atoms with Crippen LogP contribution in [0.3, 0.4) is 0 Å². The number of ether oxygens (including phenoxy) is 1. The van der Waals surface area contributed by atoms with Crippen molar-refractivity contribution in [3.8, 4) is 5.75 Å². The molecule has 0 amide bonds. The van der Waals surface area contributed by atoms with Gasteiger partial charge in [-0.15, -0.1) is 0 Å². The number of hydrogen-bond donors (Lipinski definition) is 1. The lowest BCUT2D eigenvalue weighted by molar-refractivity contribution is 0.116. The molecule has 0 aliphatic carbocycles. The minimum atomic E-state index is -0.643. The van der Waals surface area contributed by atoms with Crippen molar-refractivity contribution in [1.29, 1.82) is 0 Å². The molecule has 1 aliphatic heterocycles. The van der Waals surface area contributed by atoms with Crippen LogP contribution in [-0.4, -0.2) is 11.7 Å². The first-order valence-electron chi connectivity index (χ1n) is 7.24. The van der Waals surface area contributed by atoms with Crippen LogP contribution in [0.1, 0.15) is 40.7 Å². The topological polar surface area (TPSA) is 29.5 Å². The highest BCUT2D eigenvalue weighted by molar-refractivity contribution is 5.43. The summed E-state index contributed by atoms with van der Waals surface area (Å²) in [6.45, 7) is 4.29. The normalized spacial score (nSPS) is 18.8. The summed E-state index contributed by atoms with van der Waals surface area (Å²) >= 11 is 0. The second-order valence-corrected chi connectivity index (χ2v) is 5.68. The molecule has 0 aromatic heterocycles. The fourth-order valence-electron chi connectivity index (χ4n) is 3.29. The number of aliphatic hydroxyl groups excluding tert-OH is 1. The zero-order valence-electron chi connectivity index (χ0n) is 12.3. The molecule has 0 saturated heterocycles. The van der Waals surface area contributed by atoms with E-state index < -0.39 is 6.10 Å². The van der Waals surface area contributed by atoms with Gasteiger partial charge in [-0.3, -0.25) is 0 Å². The molecule has 21 heavy (non-hydrogen) atoms. The SMILES string of the molecule is Cc1cc(F)cc(C)c1C(O)C1CCOc2ccccc21. The summed E-state index contributed by atoms with van der Waals surface area (Å²) in [5.74, 6) is 0.566. The monoisotopic (exact) mass is 286 g/mol. The van der Waals surface area contributed by atoms with E-state index in [2.05, 4.69) is 0 Å². The Bertz CT molecular complexity index is 643. The fraction of sp³-hybridized carbons (Fsp3) is 0.333. The average molecular weight is 286 g/mol. The second kappa shape index (κ2) is 5.49. The van der Waals surface area contributed by atoms with Gasteiger partial charge in [0, 0.05) is 11.5 Å². The van der Waals surface area contributed by atoms with E-state index >= 15 is 0 Å². The summed E-state index contributed by atoms with van der Waals surface area (Å²) in [5.41, 5.74) is 3.45. The Balaban J connectivity index is 2.03. The maximum atomic E-state index is 13.5. The van der Waals surface area contributed by atoms with Gasteiger partial charge in [0.05, 0.1) is 12.7 Å². The predicted molar refractivity (Wildman–Crippen MR) is 80.1 cm³/mol. The van der Waals surface area contributed by atoms with Crippen molar-refractivity contribution < 1.29 is 14.2 Å². The lowest BCUT2D eigenvalue weighted by Crippen LogP contribution is -2.21. The Morgan fingerprint density at radius 2 is 1.86 bits per heavy atom. The molecule has 2 atom stereocenters. The number of aryl methyl sites for hydroxylation is 2. The Morgan fingerprint density at radius 3 is 2.57 bits per heavy atom. The zero-order valence-corrected chi connectivity index (χ0v) is 12.3. The molecule has 3 heteroatoms. The summed E-state index contributed by atoms with van der Waals surface area (Å²) in [6, 6.07) is 10.8. The molecular formula is C18H19FO2. The van der Waals surface area contributed by atoms with Crippen LogP contribution < -0.4 is 4.74 Å². The molecule has 1 N–H and O–H groups in total. The average Bonchev–Trinajstić information content (AvgIpc) is 2.45. The van der Waals surface area contributed by atoms with Crippen molar-refractivity contribution in [1.82, 2.24) is 0 Å². The third-order valence-electron chi connectivity index (χ3n) is 4.24. The van der Waals surface area contributed by atoms with Crippen LogP contribution in [0.4, 0.5) is 4.39 Å². The lowest BCUT2D eigenvalue weighted by Gasteiger charge is -2.31. The standard InChI is InChI=1S/C18H19FO2/c1-11-9-13(19)10-12(2)17(11)18(20)15-7-8-21-16-6-4-3-5-14(15)16/h3-6,9-10,15,18,20H,7-8H2,1-2H3. The van der Waals surface area contributed by atoms with Gasteiger partial charge in [-0.25, -0.2) is 4.39 Å². The van der Waals surface area contributed by atoms with Crippen LogP contribution in [-0.2, 0) is 0 Å². The van der Waals surface area contributed by atoms with E-state index in [0.29, 0.717) is 6.61 Å². The Kier molecular flexibility index (Phi) is 3.68. The second-order valence-electron chi connectivity index (χ2n) is 5.68. The van der Waals surface area contributed by atoms with Gasteiger partial charge < -0.3 is 9.84 Å². The van der Waals surface area contributed by atoms with E-state index in [1.54, 1.807) is 0 Å². The molecule has 2 nitrogen and oxygen atoms in total. The molecular weight excluding hydrogens is 267 g/mol. The molecule has 0 saturated carbocycles. The highest BCUT2D eigenvalue weighted by Gasteiger charge is 2.30. The molecule has 2 unspecified atom stereocenters. The van der Waals surface area contributed by atoms with Gasteiger partial charge in [0.2, 0.25) is 0 Å². The van der Waals surface area contributed by atoms with E-state index in [1.807, 2.05) is 38.1 Å². The Labute approximate surface area is 124 Å². The molecule has 1 heterocycles. The van der Waals surface area contributed by atoms with Gasteiger partial charge in [-0.1, -0.05) is 18.2 Å². The predicted octanol–water partition coefficient (Wildman–Crippen LogP) is 4.04. The van der Waals surface area contributed by atoms with Gasteiger partial charge in [0.25, 0.3) is 0 Å². The summed E-state index contributed by atoms with van der Waals surface area (Å²) < 4.78 is 19.1. The van der Waals surface area contributed by atoms with E-state index in [4.69, 9.17) is 4.74 Å². The van der Waals surface area contributed by atoms with E-state index in [-0.39, 0.29) is 11.7 Å².